The predicted octanol–water partition coefficient (Wildman–Crippen LogP) is 9.78. The summed E-state index contributed by atoms with van der Waals surface area (Å²) in [7, 11) is 0. The van der Waals surface area contributed by atoms with Crippen molar-refractivity contribution in [2.24, 2.45) is 40.9 Å². The first-order valence-corrected chi connectivity index (χ1v) is 15.9. The molecule has 5 fully saturated rings. The number of rotatable bonds is 4. The van der Waals surface area contributed by atoms with Crippen LogP contribution >= 0.6 is 0 Å². The Labute approximate surface area is 223 Å². The van der Waals surface area contributed by atoms with E-state index in [4.69, 9.17) is 0 Å². The number of hydrogen-bond acceptors (Lipinski definition) is 0. The van der Waals surface area contributed by atoms with Gasteiger partial charge < -0.3 is 0 Å². The molecular weight excluding hydrogens is 444 g/mol. The molecule has 0 saturated heterocycles. The fourth-order valence-corrected chi connectivity index (χ4v) is 11.5. The van der Waals surface area contributed by atoms with Crippen molar-refractivity contribution in [3.8, 4) is 0 Å². The zero-order chi connectivity index (χ0) is 24.1. The summed E-state index contributed by atoms with van der Waals surface area (Å²) in [5, 5.41) is 0. The Morgan fingerprint density at radius 1 is 0.541 bits per heavy atom. The minimum absolute atomic E-state index is 0.352. The lowest BCUT2D eigenvalue weighted by Gasteiger charge is -2.41. The Balaban J connectivity index is 1.17. The van der Waals surface area contributed by atoms with Crippen LogP contribution in [0.2, 0.25) is 0 Å². The second-order valence-corrected chi connectivity index (χ2v) is 14.4. The van der Waals surface area contributed by atoms with Gasteiger partial charge in [-0.3, -0.25) is 0 Å². The highest BCUT2D eigenvalue weighted by atomic mass is 14.6. The van der Waals surface area contributed by atoms with Gasteiger partial charge in [0.05, 0.1) is 0 Å². The molecule has 2 aromatic carbocycles. The Hall–Kier alpha value is -2.08. The molecule has 0 nitrogen and oxygen atoms in total. The van der Waals surface area contributed by atoms with E-state index in [0.29, 0.717) is 17.3 Å². The van der Waals surface area contributed by atoms with Crippen LogP contribution in [0.15, 0.2) is 60.7 Å². The molecule has 0 radical (unpaired) electrons. The molecule has 190 valence electrons. The van der Waals surface area contributed by atoms with Crippen LogP contribution in [0.3, 0.4) is 0 Å². The third kappa shape index (κ3) is 3.02. The highest BCUT2D eigenvalue weighted by Crippen LogP contribution is 2.66. The molecule has 5 saturated carbocycles. The molecule has 4 bridgehead atoms. The molecule has 7 aliphatic rings. The Morgan fingerprint density at radius 2 is 1.03 bits per heavy atom. The molecule has 7 aliphatic carbocycles. The van der Waals surface area contributed by atoms with Crippen molar-refractivity contribution >= 4 is 11.1 Å². The van der Waals surface area contributed by atoms with Gasteiger partial charge in [-0.05, 0) is 126 Å². The number of hydrogen-bond donors (Lipinski definition) is 0. The maximum atomic E-state index is 2.87. The quantitative estimate of drug-likeness (QED) is 0.403. The van der Waals surface area contributed by atoms with Crippen LogP contribution in [0.5, 0.6) is 0 Å². The predicted molar refractivity (Wildman–Crippen MR) is 153 cm³/mol. The summed E-state index contributed by atoms with van der Waals surface area (Å²) >= 11 is 0. The van der Waals surface area contributed by atoms with Gasteiger partial charge in [-0.1, -0.05) is 86.4 Å². The van der Waals surface area contributed by atoms with E-state index in [1.54, 1.807) is 33.4 Å². The van der Waals surface area contributed by atoms with E-state index in [9.17, 15) is 0 Å². The van der Waals surface area contributed by atoms with Crippen LogP contribution in [0.4, 0.5) is 0 Å². The Kier molecular flexibility index (Phi) is 4.70. The van der Waals surface area contributed by atoms with Crippen LogP contribution in [0, 0.1) is 40.9 Å². The second-order valence-electron chi connectivity index (χ2n) is 14.4. The molecule has 9 rings (SSSR count). The lowest BCUT2D eigenvalue weighted by Crippen LogP contribution is -2.30. The molecule has 0 heterocycles. The first kappa shape index (κ1) is 21.8. The fraction of sp³-hybridized carbons (Fsp3) is 0.568. The van der Waals surface area contributed by atoms with E-state index in [-0.39, 0.29) is 0 Å². The van der Waals surface area contributed by atoms with Gasteiger partial charge in [-0.25, -0.2) is 0 Å². The molecule has 0 amide bonds. The van der Waals surface area contributed by atoms with Crippen LogP contribution in [-0.4, -0.2) is 0 Å². The summed E-state index contributed by atoms with van der Waals surface area (Å²) < 4.78 is 0. The average molecular weight is 487 g/mol. The normalized spacial score (nSPS) is 40.2. The van der Waals surface area contributed by atoms with E-state index >= 15 is 0 Å². The minimum atomic E-state index is 0.352. The molecule has 0 aromatic heterocycles. The largest absolute Gasteiger partial charge is 0.0723 e. The maximum Gasteiger partial charge on any atom is 0.00954 e. The van der Waals surface area contributed by atoms with Gasteiger partial charge in [-0.2, -0.15) is 0 Å². The first-order chi connectivity index (χ1) is 18.3. The number of fused-ring (bicyclic) bond motifs is 6. The van der Waals surface area contributed by atoms with E-state index in [1.807, 2.05) is 0 Å². The van der Waals surface area contributed by atoms with Gasteiger partial charge >= 0.3 is 0 Å². The Bertz CT molecular complexity index is 1210. The van der Waals surface area contributed by atoms with Gasteiger partial charge in [0.2, 0.25) is 0 Å². The van der Waals surface area contributed by atoms with Gasteiger partial charge in [-0.15, -0.1) is 0 Å². The standard InChI is InChI=1S/C37H42/c1-3-9-29-27(7-1)33(31-19-23-11-13-25(31)17-23)21-35(29)37(15-5-6-16-37)36-22-34(28-8-2-4-10-30(28)36)32-20-24-12-14-26(32)18-24/h1-4,7-10,21-26,31-32,35-36H,5-6,11-20H2. The van der Waals surface area contributed by atoms with Gasteiger partial charge in [0.25, 0.3) is 0 Å². The molecule has 37 heavy (non-hydrogen) atoms. The van der Waals surface area contributed by atoms with Crippen LogP contribution in [0.25, 0.3) is 11.1 Å². The monoisotopic (exact) mass is 486 g/mol. The SMILES string of the molecule is C1=C(C2CC3CCC2C3)c2ccccc2C1C1(C2C=C(C3CC4CCC3C4)c3ccccc32)CCCC1. The molecular formula is C37H42. The van der Waals surface area contributed by atoms with Crippen molar-refractivity contribution in [1.82, 2.24) is 0 Å². The zero-order valence-electron chi connectivity index (χ0n) is 22.4. The van der Waals surface area contributed by atoms with E-state index in [2.05, 4.69) is 60.7 Å². The molecule has 8 unspecified atom stereocenters. The Morgan fingerprint density at radius 3 is 1.46 bits per heavy atom. The lowest BCUT2D eigenvalue weighted by molar-refractivity contribution is 0.232. The van der Waals surface area contributed by atoms with Crippen molar-refractivity contribution in [1.29, 1.82) is 0 Å². The average Bonchev–Trinajstić information content (AvgIpc) is 3.78. The zero-order valence-corrected chi connectivity index (χ0v) is 22.4. The third-order valence-corrected chi connectivity index (χ3v) is 13.0. The fourth-order valence-electron chi connectivity index (χ4n) is 11.5. The highest BCUT2D eigenvalue weighted by molar-refractivity contribution is 5.80. The molecule has 8 atom stereocenters. The van der Waals surface area contributed by atoms with Crippen LogP contribution in [-0.2, 0) is 0 Å². The maximum absolute atomic E-state index is 2.87. The molecule has 0 spiro atoms. The van der Waals surface area contributed by atoms with Gasteiger partial charge in [0, 0.05) is 11.8 Å². The van der Waals surface area contributed by atoms with E-state index in [1.165, 1.54) is 77.0 Å². The highest BCUT2D eigenvalue weighted by Gasteiger charge is 2.53. The van der Waals surface area contributed by atoms with Crippen molar-refractivity contribution in [2.45, 2.75) is 88.9 Å². The number of allylic oxidation sites excluding steroid dienone is 4. The number of benzene rings is 2. The third-order valence-electron chi connectivity index (χ3n) is 13.0. The molecule has 0 aliphatic heterocycles. The van der Waals surface area contributed by atoms with Crippen molar-refractivity contribution in [2.75, 3.05) is 0 Å². The smallest absolute Gasteiger partial charge is 0.00954 e. The minimum Gasteiger partial charge on any atom is -0.0723 e. The van der Waals surface area contributed by atoms with Crippen LogP contribution < -0.4 is 0 Å². The van der Waals surface area contributed by atoms with E-state index < -0.39 is 0 Å². The summed E-state index contributed by atoms with van der Waals surface area (Å²) in [6.45, 7) is 0. The summed E-state index contributed by atoms with van der Waals surface area (Å²) in [5.74, 6) is 6.79. The molecule has 0 heteroatoms. The first-order valence-electron chi connectivity index (χ1n) is 15.9. The lowest BCUT2D eigenvalue weighted by atomic mass is 9.62. The summed E-state index contributed by atoms with van der Waals surface area (Å²) in [6, 6.07) is 19.4. The topological polar surface area (TPSA) is 0 Å². The summed E-state index contributed by atoms with van der Waals surface area (Å²) in [5.41, 5.74) is 10.5. The van der Waals surface area contributed by atoms with Gasteiger partial charge in [0.1, 0.15) is 0 Å². The van der Waals surface area contributed by atoms with Crippen molar-refractivity contribution in [3.63, 3.8) is 0 Å². The van der Waals surface area contributed by atoms with Crippen molar-refractivity contribution in [3.05, 3.63) is 82.9 Å². The van der Waals surface area contributed by atoms with Crippen LogP contribution in [0.1, 0.15) is 111 Å². The molecule has 0 N–H and O–H groups in total. The second kappa shape index (κ2) is 7.97. The summed E-state index contributed by atoms with van der Waals surface area (Å²) in [4.78, 5) is 0. The van der Waals surface area contributed by atoms with Gasteiger partial charge in [0.15, 0.2) is 0 Å². The van der Waals surface area contributed by atoms with E-state index in [0.717, 1.165) is 35.5 Å². The molecule has 2 aromatic rings. The summed E-state index contributed by atoms with van der Waals surface area (Å²) in [6.07, 6.45) is 23.2. The van der Waals surface area contributed by atoms with Crippen molar-refractivity contribution < 1.29 is 0 Å².